The first-order chi connectivity index (χ1) is 12.1. The molecule has 1 aliphatic rings. The van der Waals surface area contributed by atoms with E-state index in [4.69, 9.17) is 5.73 Å². The summed E-state index contributed by atoms with van der Waals surface area (Å²) in [7, 11) is -3.07. The summed E-state index contributed by atoms with van der Waals surface area (Å²) in [6.45, 7) is 8.03. The van der Waals surface area contributed by atoms with Crippen LogP contribution in [0.25, 0.3) is 11.0 Å². The number of nitrogens with two attached hydrogens (primary N) is 1. The molecule has 7 heteroatoms. The van der Waals surface area contributed by atoms with E-state index < -0.39 is 14.6 Å². The van der Waals surface area contributed by atoms with Gasteiger partial charge in [0.25, 0.3) is 0 Å². The predicted octanol–water partition coefficient (Wildman–Crippen LogP) is 3.19. The van der Waals surface area contributed by atoms with Gasteiger partial charge in [0.1, 0.15) is 11.3 Å². The Balaban J connectivity index is 1.83. The third kappa shape index (κ3) is 3.46. The number of nitrogen functional groups attached to an aromatic ring is 1. The van der Waals surface area contributed by atoms with Crippen molar-refractivity contribution >= 4 is 26.7 Å². The number of nitrogens with zero attached hydrogens (tertiary/aromatic N) is 3. The molecule has 2 heterocycles. The van der Waals surface area contributed by atoms with Gasteiger partial charge >= 0.3 is 0 Å². The molecule has 26 heavy (non-hydrogen) atoms. The van der Waals surface area contributed by atoms with E-state index in [1.165, 1.54) is 12.0 Å². The van der Waals surface area contributed by atoms with E-state index in [2.05, 4.69) is 14.5 Å². The fourth-order valence-corrected chi connectivity index (χ4v) is 4.85. The van der Waals surface area contributed by atoms with E-state index >= 15 is 0 Å². The summed E-state index contributed by atoms with van der Waals surface area (Å²) >= 11 is 0. The number of anilines is 1. The van der Waals surface area contributed by atoms with Crippen LogP contribution in [0.3, 0.4) is 0 Å². The van der Waals surface area contributed by atoms with Crippen molar-refractivity contribution in [3.8, 4) is 0 Å². The van der Waals surface area contributed by atoms with Gasteiger partial charge in [0.05, 0.1) is 16.0 Å². The molecule has 0 aromatic carbocycles. The number of rotatable bonds is 5. The molecule has 0 spiro atoms. The first kappa shape index (κ1) is 19.1. The van der Waals surface area contributed by atoms with Gasteiger partial charge in [-0.25, -0.2) is 18.4 Å². The Hall–Kier alpha value is -1.63. The molecule has 2 N–H and O–H groups in total. The molecule has 3 rings (SSSR count). The summed E-state index contributed by atoms with van der Waals surface area (Å²) in [5, 5.41) is 0. The number of hydrogen-bond donors (Lipinski definition) is 1. The van der Waals surface area contributed by atoms with E-state index in [1.807, 2.05) is 6.92 Å². The molecule has 0 saturated heterocycles. The van der Waals surface area contributed by atoms with E-state index in [0.29, 0.717) is 12.2 Å². The minimum absolute atomic E-state index is 0.226. The maximum Gasteiger partial charge on any atom is 0.155 e. The third-order valence-corrected chi connectivity index (χ3v) is 8.05. The molecule has 0 atom stereocenters. The Kier molecular flexibility index (Phi) is 5.03. The van der Waals surface area contributed by atoms with Gasteiger partial charge in [-0.15, -0.1) is 0 Å². The summed E-state index contributed by atoms with van der Waals surface area (Å²) in [4.78, 5) is 9.22. The number of imidazole rings is 1. The lowest BCUT2D eigenvalue weighted by molar-refractivity contribution is 0.551. The maximum atomic E-state index is 12.3. The monoisotopic (exact) mass is 378 g/mol. The molecule has 144 valence electrons. The second-order valence-electron chi connectivity index (χ2n) is 8.28. The zero-order chi connectivity index (χ0) is 19.1. The Morgan fingerprint density at radius 1 is 1.12 bits per heavy atom. The molecule has 0 aliphatic heterocycles. The molecule has 2 aromatic rings. The topological polar surface area (TPSA) is 90.9 Å². The van der Waals surface area contributed by atoms with Gasteiger partial charge in [-0.2, -0.15) is 0 Å². The molecule has 0 saturated carbocycles. The third-order valence-electron chi connectivity index (χ3n) is 5.36. The van der Waals surface area contributed by atoms with Crippen molar-refractivity contribution in [2.45, 2.75) is 77.5 Å². The molecule has 0 radical (unpaired) electrons. The first-order valence-electron chi connectivity index (χ1n) is 9.48. The van der Waals surface area contributed by atoms with E-state index in [9.17, 15) is 8.42 Å². The van der Waals surface area contributed by atoms with Gasteiger partial charge in [-0.3, -0.25) is 0 Å². The average Bonchev–Trinajstić information content (AvgIpc) is 2.88. The summed E-state index contributed by atoms with van der Waals surface area (Å²) in [6, 6.07) is 0. The molecule has 2 aromatic heterocycles. The summed E-state index contributed by atoms with van der Waals surface area (Å²) in [6.07, 6.45) is 5.77. The maximum absolute atomic E-state index is 12.3. The van der Waals surface area contributed by atoms with E-state index in [-0.39, 0.29) is 5.75 Å². The van der Waals surface area contributed by atoms with Gasteiger partial charge in [-0.1, -0.05) is 0 Å². The molecule has 0 amide bonds. The van der Waals surface area contributed by atoms with Crippen LogP contribution >= 0.6 is 0 Å². The molecule has 0 unspecified atom stereocenters. The van der Waals surface area contributed by atoms with Crippen LogP contribution in [-0.2, 0) is 29.2 Å². The highest BCUT2D eigenvalue weighted by Gasteiger charge is 2.28. The quantitative estimate of drug-likeness (QED) is 0.807. The van der Waals surface area contributed by atoms with Crippen molar-refractivity contribution in [3.63, 3.8) is 0 Å². The Morgan fingerprint density at radius 3 is 2.50 bits per heavy atom. The Bertz CT molecular complexity index is 923. The zero-order valence-corrected chi connectivity index (χ0v) is 17.1. The van der Waals surface area contributed by atoms with E-state index in [1.54, 1.807) is 20.8 Å². The van der Waals surface area contributed by atoms with Crippen LogP contribution in [0.1, 0.15) is 63.5 Å². The van der Waals surface area contributed by atoms with Crippen molar-refractivity contribution in [2.24, 2.45) is 0 Å². The lowest BCUT2D eigenvalue weighted by atomic mass is 9.95. The van der Waals surface area contributed by atoms with Gasteiger partial charge in [0.15, 0.2) is 15.7 Å². The Morgan fingerprint density at radius 2 is 1.81 bits per heavy atom. The second kappa shape index (κ2) is 6.83. The second-order valence-corrected chi connectivity index (χ2v) is 11.1. The summed E-state index contributed by atoms with van der Waals surface area (Å²) in [5.74, 6) is 1.66. The van der Waals surface area contributed by atoms with Crippen molar-refractivity contribution in [2.75, 3.05) is 11.5 Å². The molecule has 0 fully saturated rings. The number of hydrogen-bond acceptors (Lipinski definition) is 5. The number of aromatic nitrogens is 3. The number of sulfone groups is 1. The van der Waals surface area contributed by atoms with Gasteiger partial charge in [-0.05, 0) is 71.8 Å². The molecule has 0 bridgehead atoms. The Labute approximate surface area is 156 Å². The molecule has 1 aliphatic carbocycles. The van der Waals surface area contributed by atoms with Crippen LogP contribution in [0, 0.1) is 6.92 Å². The fraction of sp³-hybridized carbons (Fsp3) is 0.684. The molecular weight excluding hydrogens is 348 g/mol. The molecule has 6 nitrogen and oxygen atoms in total. The van der Waals surface area contributed by atoms with E-state index in [0.717, 1.165) is 54.8 Å². The van der Waals surface area contributed by atoms with Gasteiger partial charge in [0.2, 0.25) is 0 Å². The average molecular weight is 379 g/mol. The molecular formula is C19H30N4O2S. The largest absolute Gasteiger partial charge is 0.382 e. The zero-order valence-electron chi connectivity index (χ0n) is 16.3. The van der Waals surface area contributed by atoms with Crippen molar-refractivity contribution in [1.82, 2.24) is 14.5 Å². The smallest absolute Gasteiger partial charge is 0.155 e. The van der Waals surface area contributed by atoms with Gasteiger partial charge < -0.3 is 10.3 Å². The summed E-state index contributed by atoms with van der Waals surface area (Å²) < 4.78 is 26.1. The highest BCUT2D eigenvalue weighted by atomic mass is 32.2. The van der Waals surface area contributed by atoms with Crippen LogP contribution in [-0.4, -0.2) is 33.5 Å². The minimum atomic E-state index is -3.07. The highest BCUT2D eigenvalue weighted by Crippen LogP contribution is 2.31. The first-order valence-corrected chi connectivity index (χ1v) is 11.1. The summed E-state index contributed by atoms with van der Waals surface area (Å²) in [5.41, 5.74) is 10.5. The van der Waals surface area contributed by atoms with Crippen molar-refractivity contribution in [1.29, 1.82) is 0 Å². The van der Waals surface area contributed by atoms with Crippen LogP contribution in [0.15, 0.2) is 0 Å². The predicted molar refractivity (Wildman–Crippen MR) is 106 cm³/mol. The standard InChI is InChI=1S/C19H30N4O2S/c1-13-21-16-17(14-9-5-6-10-15(14)22-18(16)20)23(13)11-7-8-12-26(24,25)19(2,3)4/h5-12H2,1-4H3,(H2,20,22). The van der Waals surface area contributed by atoms with Crippen molar-refractivity contribution in [3.05, 3.63) is 17.1 Å². The lowest BCUT2D eigenvalue weighted by Gasteiger charge is -2.20. The number of unbranched alkanes of at least 4 members (excludes halogenated alkanes) is 1. The minimum Gasteiger partial charge on any atom is -0.382 e. The number of pyridine rings is 1. The number of aryl methyl sites for hydroxylation is 4. The number of fused-ring (bicyclic) bond motifs is 3. The van der Waals surface area contributed by atoms with Crippen LogP contribution in [0.2, 0.25) is 0 Å². The van der Waals surface area contributed by atoms with Crippen LogP contribution in [0.4, 0.5) is 5.82 Å². The lowest BCUT2D eigenvalue weighted by Crippen LogP contribution is -2.30. The van der Waals surface area contributed by atoms with Crippen molar-refractivity contribution < 1.29 is 8.42 Å². The van der Waals surface area contributed by atoms with Gasteiger partial charge in [0, 0.05) is 12.2 Å². The normalized spacial score (nSPS) is 15.4. The van der Waals surface area contributed by atoms with Crippen LogP contribution in [0.5, 0.6) is 0 Å². The SMILES string of the molecule is Cc1nc2c(N)nc3c(c2n1CCCCS(=O)(=O)C(C)(C)C)CCCC3. The highest BCUT2D eigenvalue weighted by molar-refractivity contribution is 7.92. The fourth-order valence-electron chi connectivity index (χ4n) is 3.66. The van der Waals surface area contributed by atoms with Crippen LogP contribution < -0.4 is 5.73 Å².